The Kier molecular flexibility index (Phi) is 5.66. The number of hydrogen-bond donors (Lipinski definition) is 2. The molecule has 2 N–H and O–H groups in total. The number of nitrogens with zero attached hydrogens (tertiary/aromatic N) is 1. The van der Waals surface area contributed by atoms with Crippen molar-refractivity contribution >= 4 is 11.6 Å². The predicted octanol–water partition coefficient (Wildman–Crippen LogP) is 2.00. The number of amides is 1. The SMILES string of the molecule is COc1ccc(NC(=O)C[NH+](C)Cc2cc(-c3ccccc3)on2)cc1. The lowest BCUT2D eigenvalue weighted by Gasteiger charge is -2.12. The molecule has 3 rings (SSSR count). The van der Waals surface area contributed by atoms with E-state index >= 15 is 0 Å². The molecule has 0 aliphatic carbocycles. The second kappa shape index (κ2) is 8.31. The number of rotatable bonds is 7. The first kappa shape index (κ1) is 17.7. The zero-order chi connectivity index (χ0) is 18.4. The Bertz CT molecular complexity index is 844. The highest BCUT2D eigenvalue weighted by atomic mass is 16.5. The summed E-state index contributed by atoms with van der Waals surface area (Å²) in [6.07, 6.45) is 0. The van der Waals surface area contributed by atoms with Gasteiger partial charge in [-0.25, -0.2) is 0 Å². The number of ether oxygens (including phenoxy) is 1. The predicted molar refractivity (Wildman–Crippen MR) is 99.0 cm³/mol. The molecular weight excluding hydrogens is 330 g/mol. The lowest BCUT2D eigenvalue weighted by Crippen LogP contribution is -3.08. The van der Waals surface area contributed by atoms with Crippen molar-refractivity contribution in [3.63, 3.8) is 0 Å². The van der Waals surface area contributed by atoms with Crippen LogP contribution in [0.1, 0.15) is 5.69 Å². The smallest absolute Gasteiger partial charge is 0.279 e. The van der Waals surface area contributed by atoms with Crippen LogP contribution in [0.3, 0.4) is 0 Å². The summed E-state index contributed by atoms with van der Waals surface area (Å²) in [6, 6.07) is 19.0. The van der Waals surface area contributed by atoms with Gasteiger partial charge < -0.3 is 19.5 Å². The molecule has 1 aromatic heterocycles. The van der Waals surface area contributed by atoms with Crippen molar-refractivity contribution in [2.45, 2.75) is 6.54 Å². The number of carbonyl (C=O) groups excluding carboxylic acids is 1. The number of anilines is 1. The number of nitrogens with one attached hydrogen (secondary N) is 2. The van der Waals surface area contributed by atoms with Gasteiger partial charge in [0.2, 0.25) is 0 Å². The monoisotopic (exact) mass is 352 g/mol. The summed E-state index contributed by atoms with van der Waals surface area (Å²) in [5.74, 6) is 1.43. The normalized spacial score (nSPS) is 11.8. The summed E-state index contributed by atoms with van der Waals surface area (Å²) in [6.45, 7) is 0.936. The van der Waals surface area contributed by atoms with Crippen LogP contribution in [0.4, 0.5) is 5.69 Å². The van der Waals surface area contributed by atoms with E-state index in [0.717, 1.165) is 33.4 Å². The topological polar surface area (TPSA) is 68.8 Å². The maximum absolute atomic E-state index is 12.2. The molecule has 0 aliphatic rings. The van der Waals surface area contributed by atoms with Crippen molar-refractivity contribution in [2.24, 2.45) is 0 Å². The Morgan fingerprint density at radius 2 is 1.88 bits per heavy atom. The first-order valence-electron chi connectivity index (χ1n) is 8.40. The van der Waals surface area contributed by atoms with Gasteiger partial charge >= 0.3 is 0 Å². The molecule has 6 heteroatoms. The average molecular weight is 352 g/mol. The van der Waals surface area contributed by atoms with Gasteiger partial charge in [0.05, 0.1) is 14.2 Å². The van der Waals surface area contributed by atoms with E-state index in [1.807, 2.05) is 67.7 Å². The molecule has 0 radical (unpaired) electrons. The molecule has 6 nitrogen and oxygen atoms in total. The molecule has 1 heterocycles. The van der Waals surface area contributed by atoms with Gasteiger partial charge in [0.25, 0.3) is 5.91 Å². The molecule has 26 heavy (non-hydrogen) atoms. The Balaban J connectivity index is 1.52. The fraction of sp³-hybridized carbons (Fsp3) is 0.200. The molecule has 0 saturated heterocycles. The number of likely N-dealkylation sites (N-methyl/N-ethyl adjacent to an activating group) is 1. The van der Waals surface area contributed by atoms with Crippen LogP contribution < -0.4 is 15.0 Å². The van der Waals surface area contributed by atoms with Crippen molar-refractivity contribution in [1.82, 2.24) is 5.16 Å². The number of quaternary nitrogens is 1. The third-order valence-electron chi connectivity index (χ3n) is 3.94. The Hall–Kier alpha value is -3.12. The molecule has 0 fully saturated rings. The van der Waals surface area contributed by atoms with Crippen molar-refractivity contribution in [2.75, 3.05) is 26.0 Å². The number of benzene rings is 2. The van der Waals surface area contributed by atoms with E-state index in [1.165, 1.54) is 0 Å². The van der Waals surface area contributed by atoms with Gasteiger partial charge in [-0.2, -0.15) is 0 Å². The van der Waals surface area contributed by atoms with Crippen molar-refractivity contribution in [1.29, 1.82) is 0 Å². The van der Waals surface area contributed by atoms with Gasteiger partial charge in [-0.05, 0) is 24.3 Å². The summed E-state index contributed by atoms with van der Waals surface area (Å²) in [4.78, 5) is 13.2. The number of methoxy groups -OCH3 is 1. The van der Waals surface area contributed by atoms with Crippen LogP contribution in [0.25, 0.3) is 11.3 Å². The maximum Gasteiger partial charge on any atom is 0.279 e. The Morgan fingerprint density at radius 1 is 1.15 bits per heavy atom. The van der Waals surface area contributed by atoms with E-state index in [2.05, 4.69) is 10.5 Å². The van der Waals surface area contributed by atoms with Crippen molar-refractivity contribution in [3.8, 4) is 17.1 Å². The molecule has 0 bridgehead atoms. The summed E-state index contributed by atoms with van der Waals surface area (Å²) in [7, 11) is 3.56. The van der Waals surface area contributed by atoms with Crippen LogP contribution in [0.2, 0.25) is 0 Å². The van der Waals surface area contributed by atoms with E-state index in [0.29, 0.717) is 13.1 Å². The minimum Gasteiger partial charge on any atom is -0.497 e. The lowest BCUT2D eigenvalue weighted by molar-refractivity contribution is -0.885. The van der Waals surface area contributed by atoms with Gasteiger partial charge in [-0.3, -0.25) is 4.79 Å². The Labute approximate surface area is 152 Å². The van der Waals surface area contributed by atoms with Gasteiger partial charge in [0.15, 0.2) is 12.3 Å². The molecule has 2 aromatic carbocycles. The molecule has 1 amide bonds. The lowest BCUT2D eigenvalue weighted by atomic mass is 10.1. The maximum atomic E-state index is 12.2. The number of carbonyl (C=O) groups is 1. The fourth-order valence-electron chi connectivity index (χ4n) is 2.66. The van der Waals surface area contributed by atoms with Crippen LogP contribution in [0.15, 0.2) is 65.2 Å². The van der Waals surface area contributed by atoms with E-state index in [9.17, 15) is 4.79 Å². The summed E-state index contributed by atoms with van der Waals surface area (Å²) < 4.78 is 10.5. The highest BCUT2D eigenvalue weighted by Gasteiger charge is 2.14. The zero-order valence-electron chi connectivity index (χ0n) is 14.9. The first-order chi connectivity index (χ1) is 12.6. The fourth-order valence-corrected chi connectivity index (χ4v) is 2.66. The molecule has 0 saturated carbocycles. The largest absolute Gasteiger partial charge is 0.497 e. The summed E-state index contributed by atoms with van der Waals surface area (Å²) in [5, 5.41) is 6.98. The van der Waals surface area contributed by atoms with Crippen molar-refractivity contribution < 1.29 is 19.0 Å². The minimum absolute atomic E-state index is 0.0561. The Morgan fingerprint density at radius 3 is 2.58 bits per heavy atom. The second-order valence-electron chi connectivity index (χ2n) is 6.14. The highest BCUT2D eigenvalue weighted by Crippen LogP contribution is 2.19. The van der Waals surface area contributed by atoms with Crippen LogP contribution in [-0.2, 0) is 11.3 Å². The van der Waals surface area contributed by atoms with Crippen LogP contribution in [0, 0.1) is 0 Å². The van der Waals surface area contributed by atoms with E-state index < -0.39 is 0 Å². The molecule has 134 valence electrons. The highest BCUT2D eigenvalue weighted by molar-refractivity contribution is 5.91. The van der Waals surface area contributed by atoms with Gasteiger partial charge in [0.1, 0.15) is 18.0 Å². The quantitative estimate of drug-likeness (QED) is 0.682. The third kappa shape index (κ3) is 4.70. The van der Waals surface area contributed by atoms with E-state index in [-0.39, 0.29) is 5.91 Å². The third-order valence-corrected chi connectivity index (χ3v) is 3.94. The first-order valence-corrected chi connectivity index (χ1v) is 8.40. The van der Waals surface area contributed by atoms with Crippen molar-refractivity contribution in [3.05, 3.63) is 66.4 Å². The van der Waals surface area contributed by atoms with Gasteiger partial charge in [-0.1, -0.05) is 35.5 Å². The van der Waals surface area contributed by atoms with E-state index in [1.54, 1.807) is 7.11 Å². The molecular formula is C20H22N3O3+. The molecule has 3 aromatic rings. The van der Waals surface area contributed by atoms with Gasteiger partial charge in [0, 0.05) is 17.3 Å². The summed E-state index contributed by atoms with van der Waals surface area (Å²) in [5.41, 5.74) is 2.55. The standard InChI is InChI=1S/C20H21N3O3/c1-23(14-20(24)21-16-8-10-18(25-2)11-9-16)13-17-12-19(26-22-17)15-6-4-3-5-7-15/h3-12H,13-14H2,1-2H3,(H,21,24)/p+1. The average Bonchev–Trinajstić information content (AvgIpc) is 3.11. The van der Waals surface area contributed by atoms with Crippen LogP contribution in [0.5, 0.6) is 5.75 Å². The second-order valence-corrected chi connectivity index (χ2v) is 6.14. The molecule has 0 spiro atoms. The van der Waals surface area contributed by atoms with Crippen LogP contribution >= 0.6 is 0 Å². The van der Waals surface area contributed by atoms with Gasteiger partial charge in [-0.15, -0.1) is 0 Å². The minimum atomic E-state index is -0.0561. The number of aromatic nitrogens is 1. The van der Waals surface area contributed by atoms with Crippen LogP contribution in [-0.4, -0.2) is 31.8 Å². The molecule has 1 atom stereocenters. The molecule has 0 aliphatic heterocycles. The van der Waals surface area contributed by atoms with E-state index in [4.69, 9.17) is 9.26 Å². The molecule has 1 unspecified atom stereocenters. The number of hydrogen-bond acceptors (Lipinski definition) is 4. The summed E-state index contributed by atoms with van der Waals surface area (Å²) >= 11 is 0. The zero-order valence-corrected chi connectivity index (χ0v) is 14.9.